The van der Waals surface area contributed by atoms with Crippen LogP contribution in [0.2, 0.25) is 0 Å². The summed E-state index contributed by atoms with van der Waals surface area (Å²) < 4.78 is 0. The molecule has 0 atom stereocenters. The number of H-pyrrole nitrogens is 1. The molecular formula is C13H13NO. The van der Waals surface area contributed by atoms with E-state index in [0.717, 1.165) is 22.4 Å². The van der Waals surface area contributed by atoms with Crippen molar-refractivity contribution < 1.29 is 0 Å². The predicted molar refractivity (Wildman–Crippen MR) is 62.0 cm³/mol. The number of hydrogen-bond acceptors (Lipinski definition) is 1. The first kappa shape index (κ1) is 9.71. The predicted octanol–water partition coefficient (Wildman–Crippen LogP) is 2.66. The molecule has 15 heavy (non-hydrogen) atoms. The van der Waals surface area contributed by atoms with Gasteiger partial charge >= 0.3 is 0 Å². The molecule has 76 valence electrons. The lowest BCUT2D eigenvalue weighted by atomic mass is 10.0. The van der Waals surface area contributed by atoms with E-state index in [2.05, 4.69) is 4.98 Å². The van der Waals surface area contributed by atoms with Crippen molar-refractivity contribution in [1.82, 2.24) is 4.98 Å². The highest BCUT2D eigenvalue weighted by Gasteiger charge is 2.06. The summed E-state index contributed by atoms with van der Waals surface area (Å²) in [5.74, 6) is 0. The van der Waals surface area contributed by atoms with Gasteiger partial charge in [-0.2, -0.15) is 0 Å². The fraction of sp³-hybridized carbons (Fsp3) is 0.154. The van der Waals surface area contributed by atoms with Gasteiger partial charge in [0.15, 0.2) is 0 Å². The van der Waals surface area contributed by atoms with Gasteiger partial charge in [0, 0.05) is 11.3 Å². The molecule has 0 aliphatic carbocycles. The second-order valence-electron chi connectivity index (χ2n) is 3.71. The molecule has 0 spiro atoms. The Kier molecular flexibility index (Phi) is 2.42. The van der Waals surface area contributed by atoms with Crippen molar-refractivity contribution in [3.63, 3.8) is 0 Å². The minimum absolute atomic E-state index is 0.0151. The summed E-state index contributed by atoms with van der Waals surface area (Å²) in [6, 6.07) is 11.7. The van der Waals surface area contributed by atoms with Crippen molar-refractivity contribution in [2.75, 3.05) is 0 Å². The first-order valence-electron chi connectivity index (χ1n) is 4.94. The molecule has 1 aromatic carbocycles. The van der Waals surface area contributed by atoms with E-state index in [1.165, 1.54) is 0 Å². The van der Waals surface area contributed by atoms with Gasteiger partial charge in [-0.1, -0.05) is 30.3 Å². The summed E-state index contributed by atoms with van der Waals surface area (Å²) >= 11 is 0. The largest absolute Gasteiger partial charge is 0.326 e. The molecule has 0 unspecified atom stereocenters. The minimum atomic E-state index is -0.0151. The van der Waals surface area contributed by atoms with Crippen molar-refractivity contribution in [1.29, 1.82) is 0 Å². The van der Waals surface area contributed by atoms with Gasteiger partial charge in [-0.3, -0.25) is 4.79 Å². The lowest BCUT2D eigenvalue weighted by Crippen LogP contribution is -2.11. The monoisotopic (exact) mass is 199 g/mol. The maximum absolute atomic E-state index is 11.8. The van der Waals surface area contributed by atoms with Crippen molar-refractivity contribution in [2.45, 2.75) is 13.8 Å². The summed E-state index contributed by atoms with van der Waals surface area (Å²) in [6.07, 6.45) is 0. The van der Waals surface area contributed by atoms with Gasteiger partial charge < -0.3 is 4.98 Å². The molecule has 2 heteroatoms. The fourth-order valence-corrected chi connectivity index (χ4v) is 1.82. The van der Waals surface area contributed by atoms with Crippen molar-refractivity contribution >= 4 is 0 Å². The van der Waals surface area contributed by atoms with E-state index < -0.39 is 0 Å². The summed E-state index contributed by atoms with van der Waals surface area (Å²) in [7, 11) is 0. The topological polar surface area (TPSA) is 32.9 Å². The average molecular weight is 199 g/mol. The summed E-state index contributed by atoms with van der Waals surface area (Å²) in [4.78, 5) is 14.6. The van der Waals surface area contributed by atoms with Crippen LogP contribution in [-0.2, 0) is 0 Å². The molecule has 0 saturated carbocycles. The van der Waals surface area contributed by atoms with Crippen LogP contribution in [0.4, 0.5) is 0 Å². The van der Waals surface area contributed by atoms with Gasteiger partial charge in [-0.15, -0.1) is 0 Å². The van der Waals surface area contributed by atoms with Crippen LogP contribution in [0.15, 0.2) is 41.2 Å². The van der Waals surface area contributed by atoms with Crippen LogP contribution in [0.3, 0.4) is 0 Å². The standard InChI is InChI=1S/C13H13NO/c1-9-8-10(2)14-13(15)12(9)11-6-4-3-5-7-11/h3-8H,1-2H3,(H,14,15). The van der Waals surface area contributed by atoms with Crippen LogP contribution in [0.1, 0.15) is 11.3 Å². The number of nitrogens with one attached hydrogen (secondary N) is 1. The number of rotatable bonds is 1. The number of aromatic nitrogens is 1. The lowest BCUT2D eigenvalue weighted by Gasteiger charge is -2.05. The molecule has 0 bridgehead atoms. The Morgan fingerprint density at radius 2 is 1.73 bits per heavy atom. The van der Waals surface area contributed by atoms with Crippen LogP contribution < -0.4 is 5.56 Å². The normalized spacial score (nSPS) is 10.3. The Morgan fingerprint density at radius 1 is 1.07 bits per heavy atom. The zero-order chi connectivity index (χ0) is 10.8. The molecule has 1 heterocycles. The number of aryl methyl sites for hydroxylation is 2. The molecule has 1 N–H and O–H groups in total. The Hall–Kier alpha value is -1.83. The number of hydrogen-bond donors (Lipinski definition) is 1. The number of pyridine rings is 1. The Labute approximate surface area is 88.6 Å². The molecule has 2 nitrogen and oxygen atoms in total. The Bertz CT molecular complexity index is 526. The van der Waals surface area contributed by atoms with Crippen molar-refractivity contribution in [3.05, 3.63) is 58.0 Å². The highest BCUT2D eigenvalue weighted by atomic mass is 16.1. The van der Waals surface area contributed by atoms with E-state index in [1.54, 1.807) is 0 Å². The van der Waals surface area contributed by atoms with Gasteiger partial charge in [-0.25, -0.2) is 0 Å². The van der Waals surface area contributed by atoms with Crippen molar-refractivity contribution in [3.8, 4) is 11.1 Å². The molecule has 0 fully saturated rings. The molecule has 1 aromatic heterocycles. The third kappa shape index (κ3) is 1.84. The molecule has 2 rings (SSSR count). The van der Waals surface area contributed by atoms with Gasteiger partial charge in [0.05, 0.1) is 0 Å². The molecule has 2 aromatic rings. The van der Waals surface area contributed by atoms with Crippen LogP contribution in [0.5, 0.6) is 0 Å². The number of aromatic amines is 1. The SMILES string of the molecule is Cc1cc(C)c(-c2ccccc2)c(=O)[nH]1. The first-order valence-corrected chi connectivity index (χ1v) is 4.94. The maximum atomic E-state index is 11.8. The second-order valence-corrected chi connectivity index (χ2v) is 3.71. The molecule has 0 amide bonds. The zero-order valence-electron chi connectivity index (χ0n) is 8.87. The lowest BCUT2D eigenvalue weighted by molar-refractivity contribution is 1.13. The Balaban J connectivity index is 2.69. The van der Waals surface area contributed by atoms with E-state index in [0.29, 0.717) is 0 Å². The third-order valence-electron chi connectivity index (χ3n) is 2.43. The average Bonchev–Trinajstić information content (AvgIpc) is 2.17. The smallest absolute Gasteiger partial charge is 0.256 e. The van der Waals surface area contributed by atoms with E-state index >= 15 is 0 Å². The second kappa shape index (κ2) is 3.73. The van der Waals surface area contributed by atoms with Gasteiger partial charge in [0.2, 0.25) is 0 Å². The highest BCUT2D eigenvalue weighted by molar-refractivity contribution is 5.65. The van der Waals surface area contributed by atoms with Crippen molar-refractivity contribution in [2.24, 2.45) is 0 Å². The zero-order valence-corrected chi connectivity index (χ0v) is 8.87. The van der Waals surface area contributed by atoms with Gasteiger partial charge in [-0.05, 0) is 31.0 Å². The molecule has 0 saturated heterocycles. The van der Waals surface area contributed by atoms with Crippen LogP contribution in [0.25, 0.3) is 11.1 Å². The Morgan fingerprint density at radius 3 is 2.33 bits per heavy atom. The summed E-state index contributed by atoms with van der Waals surface area (Å²) in [6.45, 7) is 3.85. The fourth-order valence-electron chi connectivity index (χ4n) is 1.82. The highest BCUT2D eigenvalue weighted by Crippen LogP contribution is 2.18. The summed E-state index contributed by atoms with van der Waals surface area (Å²) in [5, 5.41) is 0. The minimum Gasteiger partial charge on any atom is -0.326 e. The van der Waals surface area contributed by atoms with Crippen LogP contribution in [-0.4, -0.2) is 4.98 Å². The van der Waals surface area contributed by atoms with Crippen LogP contribution in [0, 0.1) is 13.8 Å². The van der Waals surface area contributed by atoms with Gasteiger partial charge in [0.1, 0.15) is 0 Å². The van der Waals surface area contributed by atoms with E-state index in [4.69, 9.17) is 0 Å². The van der Waals surface area contributed by atoms with Gasteiger partial charge in [0.25, 0.3) is 5.56 Å². The maximum Gasteiger partial charge on any atom is 0.256 e. The van der Waals surface area contributed by atoms with Crippen LogP contribution >= 0.6 is 0 Å². The molecule has 0 aliphatic heterocycles. The third-order valence-corrected chi connectivity index (χ3v) is 2.43. The molecule has 0 radical (unpaired) electrons. The van der Waals surface area contributed by atoms with E-state index in [-0.39, 0.29) is 5.56 Å². The molecule has 0 aliphatic rings. The van der Waals surface area contributed by atoms with E-state index in [1.807, 2.05) is 50.2 Å². The summed E-state index contributed by atoms with van der Waals surface area (Å²) in [5.41, 5.74) is 3.63. The molecular weight excluding hydrogens is 186 g/mol. The van der Waals surface area contributed by atoms with E-state index in [9.17, 15) is 4.79 Å². The first-order chi connectivity index (χ1) is 7.18. The number of benzene rings is 1. The quantitative estimate of drug-likeness (QED) is 0.752.